The summed E-state index contributed by atoms with van der Waals surface area (Å²) < 4.78 is 28.2. The molecule has 0 saturated carbocycles. The van der Waals surface area contributed by atoms with Crippen LogP contribution in [-0.4, -0.2) is 19.6 Å². The summed E-state index contributed by atoms with van der Waals surface area (Å²) in [5, 5.41) is 7.58. The molecule has 0 bridgehead atoms. The lowest BCUT2D eigenvalue weighted by molar-refractivity contribution is 0.580. The fraction of sp³-hybridized carbons (Fsp3) is 0.0556. The first-order valence-corrected chi connectivity index (χ1v) is 7.63. The van der Waals surface area contributed by atoms with Crippen LogP contribution in [0.25, 0.3) is 16.9 Å². The van der Waals surface area contributed by atoms with E-state index in [9.17, 15) is 8.78 Å². The SMILES string of the molecule is Fc1cc(F)cc(CNc2ccc3ncc(-c4ccncc4)n3n2)c1. The van der Waals surface area contributed by atoms with E-state index in [1.165, 1.54) is 12.1 Å². The molecule has 0 atom stereocenters. The van der Waals surface area contributed by atoms with Crippen molar-refractivity contribution in [3.8, 4) is 11.3 Å². The second kappa shape index (κ2) is 6.27. The molecule has 0 saturated heterocycles. The van der Waals surface area contributed by atoms with Gasteiger partial charge in [-0.1, -0.05) is 0 Å². The van der Waals surface area contributed by atoms with Crippen LogP contribution in [0.2, 0.25) is 0 Å². The summed E-state index contributed by atoms with van der Waals surface area (Å²) >= 11 is 0. The van der Waals surface area contributed by atoms with Gasteiger partial charge in [-0.2, -0.15) is 0 Å². The average molecular weight is 337 g/mol. The van der Waals surface area contributed by atoms with E-state index in [4.69, 9.17) is 0 Å². The number of nitrogens with one attached hydrogen (secondary N) is 1. The number of hydrogen-bond acceptors (Lipinski definition) is 4. The summed E-state index contributed by atoms with van der Waals surface area (Å²) in [6, 6.07) is 10.8. The molecule has 5 nitrogen and oxygen atoms in total. The quantitative estimate of drug-likeness (QED) is 0.617. The number of fused-ring (bicyclic) bond motifs is 1. The highest BCUT2D eigenvalue weighted by Gasteiger charge is 2.08. The van der Waals surface area contributed by atoms with Crippen LogP contribution in [0.3, 0.4) is 0 Å². The number of nitrogens with zero attached hydrogens (tertiary/aromatic N) is 4. The summed E-state index contributed by atoms with van der Waals surface area (Å²) in [7, 11) is 0. The second-order valence-electron chi connectivity index (χ2n) is 5.50. The fourth-order valence-corrected chi connectivity index (χ4v) is 2.59. The predicted molar refractivity (Wildman–Crippen MR) is 89.9 cm³/mol. The van der Waals surface area contributed by atoms with Gasteiger partial charge in [-0.3, -0.25) is 4.98 Å². The zero-order valence-corrected chi connectivity index (χ0v) is 13.0. The Morgan fingerprint density at radius 1 is 0.960 bits per heavy atom. The maximum atomic E-state index is 13.3. The molecule has 0 fully saturated rings. The van der Waals surface area contributed by atoms with Gasteiger partial charge in [-0.15, -0.1) is 5.10 Å². The second-order valence-corrected chi connectivity index (χ2v) is 5.50. The largest absolute Gasteiger partial charge is 0.365 e. The van der Waals surface area contributed by atoms with Crippen LogP contribution in [0.5, 0.6) is 0 Å². The van der Waals surface area contributed by atoms with Gasteiger partial charge in [-0.05, 0) is 42.0 Å². The Bertz CT molecular complexity index is 1010. The summed E-state index contributed by atoms with van der Waals surface area (Å²) in [6.45, 7) is 0.256. The third-order valence-corrected chi connectivity index (χ3v) is 3.73. The Labute approximate surface area is 142 Å². The molecule has 1 N–H and O–H groups in total. The van der Waals surface area contributed by atoms with Crippen molar-refractivity contribution in [3.63, 3.8) is 0 Å². The number of aromatic nitrogens is 4. The van der Waals surface area contributed by atoms with E-state index in [0.29, 0.717) is 17.0 Å². The molecule has 0 aliphatic rings. The monoisotopic (exact) mass is 337 g/mol. The van der Waals surface area contributed by atoms with Gasteiger partial charge in [0.2, 0.25) is 0 Å². The van der Waals surface area contributed by atoms with Crippen LogP contribution < -0.4 is 5.32 Å². The minimum atomic E-state index is -0.602. The summed E-state index contributed by atoms with van der Waals surface area (Å²) in [4.78, 5) is 8.34. The molecule has 7 heteroatoms. The van der Waals surface area contributed by atoms with Crippen molar-refractivity contribution < 1.29 is 8.78 Å². The van der Waals surface area contributed by atoms with Crippen molar-refractivity contribution in [2.75, 3.05) is 5.32 Å². The minimum Gasteiger partial charge on any atom is -0.365 e. The van der Waals surface area contributed by atoms with Gasteiger partial charge < -0.3 is 5.32 Å². The molecular formula is C18H13F2N5. The Morgan fingerprint density at radius 2 is 1.72 bits per heavy atom. The van der Waals surface area contributed by atoms with Gasteiger partial charge in [0.05, 0.1) is 11.9 Å². The number of benzene rings is 1. The third kappa shape index (κ3) is 3.16. The fourth-order valence-electron chi connectivity index (χ4n) is 2.59. The lowest BCUT2D eigenvalue weighted by Crippen LogP contribution is -2.05. The number of imidazole rings is 1. The maximum absolute atomic E-state index is 13.3. The molecular weight excluding hydrogens is 324 g/mol. The number of halogens is 2. The first-order chi connectivity index (χ1) is 12.2. The Morgan fingerprint density at radius 3 is 2.48 bits per heavy atom. The van der Waals surface area contributed by atoms with E-state index in [1.54, 1.807) is 29.2 Å². The van der Waals surface area contributed by atoms with Crippen LogP contribution in [0.15, 0.2) is 61.1 Å². The molecule has 3 heterocycles. The standard InChI is InChI=1S/C18H13F2N5/c19-14-7-12(8-15(20)9-14)10-22-17-1-2-18-23-11-16(25(18)24-17)13-3-5-21-6-4-13/h1-9,11H,10H2,(H,22,24). The van der Waals surface area contributed by atoms with Crippen LogP contribution in [-0.2, 0) is 6.54 Å². The van der Waals surface area contributed by atoms with Crippen molar-refractivity contribution in [2.24, 2.45) is 0 Å². The lowest BCUT2D eigenvalue weighted by atomic mass is 10.2. The number of hydrogen-bond donors (Lipinski definition) is 1. The van der Waals surface area contributed by atoms with Crippen molar-refractivity contribution in [1.82, 2.24) is 19.6 Å². The lowest BCUT2D eigenvalue weighted by Gasteiger charge is -2.07. The van der Waals surface area contributed by atoms with Crippen molar-refractivity contribution >= 4 is 11.5 Å². The summed E-state index contributed by atoms with van der Waals surface area (Å²) in [6.07, 6.45) is 5.15. The normalized spacial score (nSPS) is 11.0. The average Bonchev–Trinajstić information content (AvgIpc) is 3.03. The highest BCUT2D eigenvalue weighted by molar-refractivity contribution is 5.63. The molecule has 0 aliphatic heterocycles. The highest BCUT2D eigenvalue weighted by Crippen LogP contribution is 2.20. The van der Waals surface area contributed by atoms with Crippen molar-refractivity contribution in [3.05, 3.63) is 78.3 Å². The first-order valence-electron chi connectivity index (χ1n) is 7.63. The van der Waals surface area contributed by atoms with Gasteiger partial charge in [0.1, 0.15) is 17.5 Å². The zero-order valence-electron chi connectivity index (χ0n) is 13.0. The highest BCUT2D eigenvalue weighted by atomic mass is 19.1. The van der Waals surface area contributed by atoms with E-state index < -0.39 is 11.6 Å². The van der Waals surface area contributed by atoms with E-state index in [-0.39, 0.29) is 6.54 Å². The molecule has 4 rings (SSSR count). The maximum Gasteiger partial charge on any atom is 0.154 e. The van der Waals surface area contributed by atoms with Crippen LogP contribution in [0, 0.1) is 11.6 Å². The molecule has 0 radical (unpaired) electrons. The van der Waals surface area contributed by atoms with Gasteiger partial charge in [-0.25, -0.2) is 18.3 Å². The number of anilines is 1. The predicted octanol–water partition coefficient (Wildman–Crippen LogP) is 3.68. The third-order valence-electron chi connectivity index (χ3n) is 3.73. The topological polar surface area (TPSA) is 55.1 Å². The van der Waals surface area contributed by atoms with Crippen LogP contribution in [0.4, 0.5) is 14.6 Å². The van der Waals surface area contributed by atoms with E-state index in [1.807, 2.05) is 18.2 Å². The number of rotatable bonds is 4. The molecule has 3 aromatic heterocycles. The molecule has 0 spiro atoms. The molecule has 25 heavy (non-hydrogen) atoms. The van der Waals surface area contributed by atoms with Gasteiger partial charge in [0.15, 0.2) is 5.65 Å². The Kier molecular flexibility index (Phi) is 3.81. The van der Waals surface area contributed by atoms with Gasteiger partial charge in [0, 0.05) is 30.6 Å². The minimum absolute atomic E-state index is 0.256. The molecule has 0 amide bonds. The first kappa shape index (κ1) is 15.2. The molecule has 0 aliphatic carbocycles. The summed E-state index contributed by atoms with van der Waals surface area (Å²) in [5.74, 6) is -0.630. The molecule has 4 aromatic rings. The Balaban J connectivity index is 1.62. The van der Waals surface area contributed by atoms with Crippen LogP contribution in [0.1, 0.15) is 5.56 Å². The zero-order chi connectivity index (χ0) is 17.2. The summed E-state index contributed by atoms with van der Waals surface area (Å²) in [5.41, 5.74) is 2.98. The van der Waals surface area contributed by atoms with Crippen LogP contribution >= 0.6 is 0 Å². The van der Waals surface area contributed by atoms with E-state index in [2.05, 4.69) is 20.4 Å². The molecule has 1 aromatic carbocycles. The van der Waals surface area contributed by atoms with Crippen molar-refractivity contribution in [2.45, 2.75) is 6.54 Å². The van der Waals surface area contributed by atoms with Crippen molar-refractivity contribution in [1.29, 1.82) is 0 Å². The smallest absolute Gasteiger partial charge is 0.154 e. The van der Waals surface area contributed by atoms with E-state index >= 15 is 0 Å². The van der Waals surface area contributed by atoms with E-state index in [0.717, 1.165) is 17.3 Å². The molecule has 0 unspecified atom stereocenters. The number of pyridine rings is 1. The van der Waals surface area contributed by atoms with Gasteiger partial charge >= 0.3 is 0 Å². The van der Waals surface area contributed by atoms with Gasteiger partial charge in [0.25, 0.3) is 0 Å². The molecule has 124 valence electrons. The Hall–Kier alpha value is -3.35.